The fourth-order valence-electron chi connectivity index (χ4n) is 2.28. The molecule has 2 atom stereocenters. The van der Waals surface area contributed by atoms with Gasteiger partial charge in [0.05, 0.1) is 10.6 Å². The second-order valence-electron chi connectivity index (χ2n) is 4.67. The number of rotatable bonds is 1. The van der Waals surface area contributed by atoms with Crippen LogP contribution in [0.5, 0.6) is 0 Å². The van der Waals surface area contributed by atoms with Crippen molar-refractivity contribution in [3.63, 3.8) is 0 Å². The Balaban J connectivity index is 2.17. The van der Waals surface area contributed by atoms with E-state index >= 15 is 0 Å². The van der Waals surface area contributed by atoms with E-state index < -0.39 is 0 Å². The molecule has 1 aromatic rings. The smallest absolute Gasteiger partial charge is 0.255 e. The third kappa shape index (κ3) is 2.76. The number of piperidine rings is 1. The number of carbonyl (C=O) groups is 1. The topological polar surface area (TPSA) is 59.2 Å². The van der Waals surface area contributed by atoms with Gasteiger partial charge >= 0.3 is 0 Å². The van der Waals surface area contributed by atoms with E-state index in [1.54, 1.807) is 17.2 Å². The van der Waals surface area contributed by atoms with Gasteiger partial charge in [0.15, 0.2) is 0 Å². The molecule has 5 heteroatoms. The number of nitrogens with two attached hydrogens (primary N) is 1. The summed E-state index contributed by atoms with van der Waals surface area (Å²) in [5.41, 5.74) is 6.43. The molecule has 2 rings (SSSR count). The van der Waals surface area contributed by atoms with E-state index in [1.807, 2.05) is 0 Å². The van der Waals surface area contributed by atoms with E-state index in [1.165, 1.54) is 6.20 Å². The van der Waals surface area contributed by atoms with Crippen molar-refractivity contribution in [1.82, 2.24) is 9.88 Å². The van der Waals surface area contributed by atoms with Crippen LogP contribution in [0, 0.1) is 5.92 Å². The minimum absolute atomic E-state index is 0.0561. The molecule has 1 aromatic heterocycles. The van der Waals surface area contributed by atoms with Crippen molar-refractivity contribution in [3.05, 3.63) is 29.0 Å². The van der Waals surface area contributed by atoms with Crippen LogP contribution in [-0.2, 0) is 0 Å². The molecule has 1 aliphatic heterocycles. The largest absolute Gasteiger partial charge is 0.337 e. The van der Waals surface area contributed by atoms with E-state index in [2.05, 4.69) is 11.9 Å². The minimum Gasteiger partial charge on any atom is -0.337 e. The first-order chi connectivity index (χ1) is 8.08. The van der Waals surface area contributed by atoms with Gasteiger partial charge in [-0.15, -0.1) is 0 Å². The molecule has 1 saturated heterocycles. The number of hydrogen-bond acceptors (Lipinski definition) is 3. The van der Waals surface area contributed by atoms with Crippen LogP contribution in [0.15, 0.2) is 18.5 Å². The Bertz CT molecular complexity index is 414. The number of nitrogens with zero attached hydrogens (tertiary/aromatic N) is 2. The molecule has 1 amide bonds. The molecule has 1 aliphatic rings. The van der Waals surface area contributed by atoms with Crippen molar-refractivity contribution in [2.45, 2.75) is 19.4 Å². The molecule has 2 heterocycles. The number of likely N-dealkylation sites (tertiary alicyclic amines) is 1. The molecule has 4 nitrogen and oxygen atoms in total. The number of carbonyl (C=O) groups excluding carboxylic acids is 1. The van der Waals surface area contributed by atoms with E-state index in [4.69, 9.17) is 17.3 Å². The lowest BCUT2D eigenvalue weighted by atomic mass is 9.96. The average Bonchev–Trinajstić information content (AvgIpc) is 2.27. The molecule has 17 heavy (non-hydrogen) atoms. The predicted molar refractivity (Wildman–Crippen MR) is 66.9 cm³/mol. The van der Waals surface area contributed by atoms with Gasteiger partial charge in [-0.25, -0.2) is 0 Å². The van der Waals surface area contributed by atoms with Crippen LogP contribution >= 0.6 is 11.6 Å². The lowest BCUT2D eigenvalue weighted by Gasteiger charge is -2.34. The zero-order valence-corrected chi connectivity index (χ0v) is 10.5. The first kappa shape index (κ1) is 12.3. The number of hydrogen-bond donors (Lipinski definition) is 1. The van der Waals surface area contributed by atoms with E-state index in [0.717, 1.165) is 13.0 Å². The van der Waals surface area contributed by atoms with E-state index in [0.29, 0.717) is 23.0 Å². The Morgan fingerprint density at radius 3 is 3.00 bits per heavy atom. The molecule has 0 spiro atoms. The molecular weight excluding hydrogens is 238 g/mol. The summed E-state index contributed by atoms with van der Waals surface area (Å²) in [5.74, 6) is 0.378. The number of amides is 1. The summed E-state index contributed by atoms with van der Waals surface area (Å²) in [6.07, 6.45) is 4.03. The van der Waals surface area contributed by atoms with Crippen molar-refractivity contribution in [2.75, 3.05) is 13.1 Å². The molecule has 2 N–H and O–H groups in total. The van der Waals surface area contributed by atoms with Crippen LogP contribution in [0.25, 0.3) is 0 Å². The van der Waals surface area contributed by atoms with Gasteiger partial charge in [-0.3, -0.25) is 9.78 Å². The van der Waals surface area contributed by atoms with Gasteiger partial charge in [-0.2, -0.15) is 0 Å². The summed E-state index contributed by atoms with van der Waals surface area (Å²) < 4.78 is 0. The zero-order valence-electron chi connectivity index (χ0n) is 9.77. The van der Waals surface area contributed by atoms with Crippen molar-refractivity contribution in [1.29, 1.82) is 0 Å². The quantitative estimate of drug-likeness (QED) is 0.826. The fourth-order valence-corrected chi connectivity index (χ4v) is 2.48. The zero-order chi connectivity index (χ0) is 12.4. The lowest BCUT2D eigenvalue weighted by Crippen LogP contribution is -2.48. The van der Waals surface area contributed by atoms with Gasteiger partial charge in [0.25, 0.3) is 5.91 Å². The maximum atomic E-state index is 12.3. The van der Waals surface area contributed by atoms with Crippen LogP contribution in [0.2, 0.25) is 5.02 Å². The highest BCUT2D eigenvalue weighted by atomic mass is 35.5. The lowest BCUT2D eigenvalue weighted by molar-refractivity contribution is 0.0661. The molecule has 0 radical (unpaired) electrons. The van der Waals surface area contributed by atoms with Crippen molar-refractivity contribution in [3.8, 4) is 0 Å². The van der Waals surface area contributed by atoms with Crippen molar-refractivity contribution < 1.29 is 4.79 Å². The number of halogens is 1. The van der Waals surface area contributed by atoms with Gasteiger partial charge in [-0.05, 0) is 18.4 Å². The summed E-state index contributed by atoms with van der Waals surface area (Å²) in [6, 6.07) is 1.71. The van der Waals surface area contributed by atoms with Crippen LogP contribution in [-0.4, -0.2) is 34.9 Å². The average molecular weight is 254 g/mol. The highest BCUT2D eigenvalue weighted by Crippen LogP contribution is 2.20. The molecule has 0 aromatic carbocycles. The molecular formula is C12H16ClN3O. The number of aromatic nitrogens is 1. The maximum absolute atomic E-state index is 12.3. The van der Waals surface area contributed by atoms with Crippen LogP contribution in [0.1, 0.15) is 23.7 Å². The van der Waals surface area contributed by atoms with Crippen LogP contribution < -0.4 is 5.73 Å². The normalized spacial score (nSPS) is 24.8. The molecule has 0 aliphatic carbocycles. The first-order valence-corrected chi connectivity index (χ1v) is 6.10. The van der Waals surface area contributed by atoms with Crippen LogP contribution in [0.4, 0.5) is 0 Å². The molecule has 92 valence electrons. The third-order valence-corrected chi connectivity index (χ3v) is 3.28. The molecule has 2 unspecified atom stereocenters. The molecule has 1 fully saturated rings. The SMILES string of the molecule is CC1CC(N)CN(C(=O)c2ccncc2Cl)C1. The first-order valence-electron chi connectivity index (χ1n) is 5.72. The fraction of sp³-hybridized carbons (Fsp3) is 0.500. The summed E-state index contributed by atoms with van der Waals surface area (Å²) in [4.78, 5) is 17.9. The summed E-state index contributed by atoms with van der Waals surface area (Å²) in [5, 5.41) is 0.393. The molecule has 0 bridgehead atoms. The Morgan fingerprint density at radius 1 is 1.59 bits per heavy atom. The maximum Gasteiger partial charge on any atom is 0.255 e. The van der Waals surface area contributed by atoms with Crippen LogP contribution in [0.3, 0.4) is 0 Å². The van der Waals surface area contributed by atoms with Gasteiger partial charge in [0.1, 0.15) is 0 Å². The summed E-state index contributed by atoms with van der Waals surface area (Å²) in [7, 11) is 0. The van der Waals surface area contributed by atoms with Gasteiger partial charge < -0.3 is 10.6 Å². The van der Waals surface area contributed by atoms with Gasteiger partial charge in [0, 0.05) is 31.5 Å². The monoisotopic (exact) mass is 253 g/mol. The summed E-state index contributed by atoms with van der Waals surface area (Å²) in [6.45, 7) is 3.44. The highest BCUT2D eigenvalue weighted by Gasteiger charge is 2.27. The summed E-state index contributed by atoms with van der Waals surface area (Å²) >= 11 is 5.97. The highest BCUT2D eigenvalue weighted by molar-refractivity contribution is 6.33. The van der Waals surface area contributed by atoms with Gasteiger partial charge in [-0.1, -0.05) is 18.5 Å². The number of pyridine rings is 1. The Hall–Kier alpha value is -1.13. The second-order valence-corrected chi connectivity index (χ2v) is 5.07. The Labute approximate surface area is 106 Å². The van der Waals surface area contributed by atoms with E-state index in [9.17, 15) is 4.79 Å². The Kier molecular flexibility index (Phi) is 3.64. The standard InChI is InChI=1S/C12H16ClN3O/c1-8-4-9(14)7-16(6-8)12(17)10-2-3-15-5-11(10)13/h2-3,5,8-9H,4,6-7,14H2,1H3. The predicted octanol–water partition coefficient (Wildman–Crippen LogP) is 1.54. The molecule has 0 saturated carbocycles. The third-order valence-electron chi connectivity index (χ3n) is 2.98. The minimum atomic E-state index is -0.0561. The van der Waals surface area contributed by atoms with E-state index in [-0.39, 0.29) is 11.9 Å². The Morgan fingerprint density at radius 2 is 2.35 bits per heavy atom. The van der Waals surface area contributed by atoms with Gasteiger partial charge in [0.2, 0.25) is 0 Å². The van der Waals surface area contributed by atoms with Crippen molar-refractivity contribution in [2.24, 2.45) is 11.7 Å². The van der Waals surface area contributed by atoms with Crippen molar-refractivity contribution >= 4 is 17.5 Å². The second kappa shape index (κ2) is 5.02.